The Hall–Kier alpha value is -2.32. The lowest BCUT2D eigenvalue weighted by Crippen LogP contribution is -2.29. The van der Waals surface area contributed by atoms with Gasteiger partial charge >= 0.3 is 0 Å². The lowest BCUT2D eigenvalue weighted by molar-refractivity contribution is 0.426. The third-order valence-electron chi connectivity index (χ3n) is 5.69. The molecular weight excluding hydrogens is 382 g/mol. The van der Waals surface area contributed by atoms with Gasteiger partial charge in [-0.3, -0.25) is 0 Å². The molecule has 1 aliphatic carbocycles. The molecule has 3 aromatic carbocycles. The fourth-order valence-corrected chi connectivity index (χ4v) is 4.93. The van der Waals surface area contributed by atoms with Gasteiger partial charge in [0.05, 0.1) is 6.04 Å². The van der Waals surface area contributed by atoms with Crippen LogP contribution in [-0.2, 0) is 0 Å². The smallest absolute Gasteiger partial charge is 0.0554 e. The maximum absolute atomic E-state index is 3.92. The first-order valence-corrected chi connectivity index (χ1v) is 9.97. The van der Waals surface area contributed by atoms with Crippen LogP contribution in [0.1, 0.15) is 29.5 Å². The van der Waals surface area contributed by atoms with E-state index in [0.717, 1.165) is 10.9 Å². The molecule has 0 radical (unpaired) electrons. The van der Waals surface area contributed by atoms with Gasteiger partial charge in [-0.05, 0) is 41.2 Å². The number of fused-ring (bicyclic) bond motifs is 3. The molecule has 1 heterocycles. The van der Waals surface area contributed by atoms with Crippen molar-refractivity contribution in [3.8, 4) is 11.1 Å². The van der Waals surface area contributed by atoms with E-state index >= 15 is 0 Å². The van der Waals surface area contributed by atoms with E-state index in [0.29, 0.717) is 17.9 Å². The Morgan fingerprint density at radius 1 is 0.885 bits per heavy atom. The van der Waals surface area contributed by atoms with Crippen LogP contribution in [0.5, 0.6) is 0 Å². The number of halogens is 1. The molecule has 0 unspecified atom stereocenters. The van der Waals surface area contributed by atoms with E-state index in [1.807, 2.05) is 0 Å². The van der Waals surface area contributed by atoms with Crippen molar-refractivity contribution < 1.29 is 0 Å². The van der Waals surface area contributed by atoms with Crippen molar-refractivity contribution in [2.75, 3.05) is 5.32 Å². The summed E-state index contributed by atoms with van der Waals surface area (Å²) in [6.45, 7) is 0. The van der Waals surface area contributed by atoms with Gasteiger partial charge in [0.15, 0.2) is 0 Å². The number of nitrogens with one attached hydrogen (secondary N) is 1. The van der Waals surface area contributed by atoms with Crippen molar-refractivity contribution in [3.63, 3.8) is 0 Å². The van der Waals surface area contributed by atoms with Crippen LogP contribution in [0.25, 0.3) is 11.1 Å². The molecule has 2 aliphatic rings. The molecule has 1 nitrogen and oxygen atoms in total. The van der Waals surface area contributed by atoms with Crippen LogP contribution in [0.4, 0.5) is 5.69 Å². The van der Waals surface area contributed by atoms with E-state index in [1.165, 1.54) is 27.9 Å². The van der Waals surface area contributed by atoms with Gasteiger partial charge in [-0.1, -0.05) is 88.7 Å². The number of benzene rings is 3. The Bertz CT molecular complexity index is 977. The molecule has 1 aliphatic heterocycles. The zero-order chi connectivity index (χ0) is 17.5. The number of hydrogen-bond acceptors (Lipinski definition) is 1. The van der Waals surface area contributed by atoms with Gasteiger partial charge in [0, 0.05) is 21.6 Å². The summed E-state index contributed by atoms with van der Waals surface area (Å²) in [7, 11) is 0. The standard InChI is InChI=1S/C24H20BrN/c25-18-10-4-9-17(15-18)23-21-13-6-12-20(21)22-14-5-11-19(24(22)26-23)16-7-2-1-3-8-16/h1-12,14-15,20-21,23,26H,13H2/t20-,21+,23-/m0/s1. The van der Waals surface area contributed by atoms with E-state index in [4.69, 9.17) is 0 Å². The highest BCUT2D eigenvalue weighted by atomic mass is 79.9. The van der Waals surface area contributed by atoms with Gasteiger partial charge in [0.1, 0.15) is 0 Å². The summed E-state index contributed by atoms with van der Waals surface area (Å²) >= 11 is 3.64. The Morgan fingerprint density at radius 2 is 1.73 bits per heavy atom. The molecule has 26 heavy (non-hydrogen) atoms. The third-order valence-corrected chi connectivity index (χ3v) is 6.18. The molecule has 2 heteroatoms. The predicted octanol–water partition coefficient (Wildman–Crippen LogP) is 6.94. The minimum atomic E-state index is 0.324. The summed E-state index contributed by atoms with van der Waals surface area (Å²) in [5.41, 5.74) is 6.63. The minimum Gasteiger partial charge on any atom is -0.377 e. The van der Waals surface area contributed by atoms with E-state index in [9.17, 15) is 0 Å². The first-order valence-electron chi connectivity index (χ1n) is 9.18. The van der Waals surface area contributed by atoms with Crippen LogP contribution in [0.3, 0.4) is 0 Å². The molecule has 3 aromatic rings. The summed E-state index contributed by atoms with van der Waals surface area (Å²) in [4.78, 5) is 0. The Labute approximate surface area is 162 Å². The van der Waals surface area contributed by atoms with Gasteiger partial charge < -0.3 is 5.32 Å². The molecule has 0 bridgehead atoms. The summed E-state index contributed by atoms with van der Waals surface area (Å²) in [5.74, 6) is 1.06. The lowest BCUT2D eigenvalue weighted by Gasteiger charge is -2.38. The highest BCUT2D eigenvalue weighted by Gasteiger charge is 2.38. The summed E-state index contributed by atoms with van der Waals surface area (Å²) in [6.07, 6.45) is 5.89. The van der Waals surface area contributed by atoms with Crippen molar-refractivity contribution in [2.45, 2.75) is 18.4 Å². The molecule has 0 saturated carbocycles. The number of hydrogen-bond donors (Lipinski definition) is 1. The Balaban J connectivity index is 1.66. The Kier molecular flexibility index (Phi) is 3.94. The average molecular weight is 402 g/mol. The van der Waals surface area contributed by atoms with Gasteiger partial charge in [0.25, 0.3) is 0 Å². The van der Waals surface area contributed by atoms with E-state index in [2.05, 4.69) is 106 Å². The molecule has 1 N–H and O–H groups in total. The molecule has 3 atom stereocenters. The second kappa shape index (κ2) is 6.44. The first-order chi connectivity index (χ1) is 12.8. The minimum absolute atomic E-state index is 0.324. The fourth-order valence-electron chi connectivity index (χ4n) is 4.51. The quantitative estimate of drug-likeness (QED) is 0.458. The molecule has 128 valence electrons. The fraction of sp³-hybridized carbons (Fsp3) is 0.167. The maximum atomic E-state index is 3.92. The van der Waals surface area contributed by atoms with E-state index < -0.39 is 0 Å². The van der Waals surface area contributed by atoms with Gasteiger partial charge in [0.2, 0.25) is 0 Å². The van der Waals surface area contributed by atoms with Crippen molar-refractivity contribution in [1.82, 2.24) is 0 Å². The van der Waals surface area contributed by atoms with Crippen LogP contribution in [0.2, 0.25) is 0 Å². The second-order valence-electron chi connectivity index (χ2n) is 7.17. The highest BCUT2D eigenvalue weighted by molar-refractivity contribution is 9.10. The van der Waals surface area contributed by atoms with Crippen molar-refractivity contribution >= 4 is 21.6 Å². The maximum Gasteiger partial charge on any atom is 0.0554 e. The summed E-state index contributed by atoms with van der Waals surface area (Å²) < 4.78 is 1.14. The molecule has 0 aromatic heterocycles. The monoisotopic (exact) mass is 401 g/mol. The molecule has 0 saturated heterocycles. The van der Waals surface area contributed by atoms with Gasteiger partial charge in [-0.15, -0.1) is 0 Å². The van der Waals surface area contributed by atoms with Gasteiger partial charge in [-0.2, -0.15) is 0 Å². The number of anilines is 1. The largest absolute Gasteiger partial charge is 0.377 e. The lowest BCUT2D eigenvalue weighted by atomic mass is 9.76. The van der Waals surface area contributed by atoms with Crippen LogP contribution in [0.15, 0.2) is 89.4 Å². The van der Waals surface area contributed by atoms with Crippen molar-refractivity contribution in [3.05, 3.63) is 101 Å². The third kappa shape index (κ3) is 2.60. The average Bonchev–Trinajstić information content (AvgIpc) is 3.18. The molecule has 0 spiro atoms. The molecule has 0 amide bonds. The number of rotatable bonds is 2. The van der Waals surface area contributed by atoms with Crippen molar-refractivity contribution in [2.24, 2.45) is 5.92 Å². The van der Waals surface area contributed by atoms with Crippen molar-refractivity contribution in [1.29, 1.82) is 0 Å². The number of allylic oxidation sites excluding steroid dienone is 2. The highest BCUT2D eigenvalue weighted by Crippen LogP contribution is 2.52. The topological polar surface area (TPSA) is 12.0 Å². The zero-order valence-electron chi connectivity index (χ0n) is 14.4. The predicted molar refractivity (Wildman–Crippen MR) is 112 cm³/mol. The van der Waals surface area contributed by atoms with E-state index in [-0.39, 0.29) is 0 Å². The van der Waals surface area contributed by atoms with Crippen LogP contribution in [-0.4, -0.2) is 0 Å². The SMILES string of the molecule is Brc1cccc([C@@H]2Nc3c(-c4ccccc4)cccc3[C@H]3C=CC[C@H]32)c1. The normalized spacial score (nSPS) is 23.2. The molecule has 0 fully saturated rings. The second-order valence-corrected chi connectivity index (χ2v) is 8.08. The summed E-state index contributed by atoms with van der Waals surface area (Å²) in [5, 5.41) is 3.92. The first kappa shape index (κ1) is 15.9. The number of para-hydroxylation sites is 1. The molecular formula is C24H20BrN. The Morgan fingerprint density at radius 3 is 2.58 bits per heavy atom. The summed E-state index contributed by atoms with van der Waals surface area (Å²) in [6, 6.07) is 26.5. The van der Waals surface area contributed by atoms with Crippen LogP contribution >= 0.6 is 15.9 Å². The zero-order valence-corrected chi connectivity index (χ0v) is 16.0. The molecule has 5 rings (SSSR count). The van der Waals surface area contributed by atoms with Crippen LogP contribution < -0.4 is 5.32 Å². The van der Waals surface area contributed by atoms with E-state index in [1.54, 1.807) is 0 Å². The van der Waals surface area contributed by atoms with Gasteiger partial charge in [-0.25, -0.2) is 0 Å². The van der Waals surface area contributed by atoms with Crippen LogP contribution in [0, 0.1) is 5.92 Å².